The number of rotatable bonds is 4. The van der Waals surface area contributed by atoms with E-state index in [4.69, 9.17) is 4.74 Å². The summed E-state index contributed by atoms with van der Waals surface area (Å²) in [6.45, 7) is 4.93. The van der Waals surface area contributed by atoms with E-state index in [1.165, 1.54) is 12.1 Å². The highest BCUT2D eigenvalue weighted by atomic mass is 19.1. The van der Waals surface area contributed by atoms with Crippen LogP contribution in [0.4, 0.5) is 10.1 Å². The van der Waals surface area contributed by atoms with Crippen LogP contribution in [0.2, 0.25) is 0 Å². The first-order valence-electron chi connectivity index (χ1n) is 7.17. The number of esters is 1. The molecule has 0 bridgehead atoms. The van der Waals surface area contributed by atoms with Crippen LogP contribution < -0.4 is 5.32 Å². The van der Waals surface area contributed by atoms with Gasteiger partial charge in [0.25, 0.3) is 5.91 Å². The lowest BCUT2D eigenvalue weighted by molar-refractivity contribution is -0.119. The topological polar surface area (TPSA) is 55.4 Å². The van der Waals surface area contributed by atoms with E-state index >= 15 is 0 Å². The van der Waals surface area contributed by atoms with Gasteiger partial charge < -0.3 is 10.1 Å². The normalized spacial score (nSPS) is 10.3. The third kappa shape index (κ3) is 4.39. The fourth-order valence-electron chi connectivity index (χ4n) is 2.07. The minimum atomic E-state index is -0.591. The van der Waals surface area contributed by atoms with E-state index in [1.54, 1.807) is 26.0 Å². The zero-order valence-corrected chi connectivity index (χ0v) is 13.3. The van der Waals surface area contributed by atoms with Crippen LogP contribution >= 0.6 is 0 Å². The van der Waals surface area contributed by atoms with Crippen LogP contribution in [-0.2, 0) is 9.53 Å². The highest BCUT2D eigenvalue weighted by Crippen LogP contribution is 2.15. The van der Waals surface area contributed by atoms with Crippen molar-refractivity contribution in [2.75, 3.05) is 11.9 Å². The van der Waals surface area contributed by atoms with Gasteiger partial charge in [-0.1, -0.05) is 23.8 Å². The Kier molecular flexibility index (Phi) is 5.11. The zero-order chi connectivity index (χ0) is 17.0. The number of amides is 1. The second-order valence-corrected chi connectivity index (χ2v) is 5.43. The summed E-state index contributed by atoms with van der Waals surface area (Å²) in [6.07, 6.45) is 0. The Morgan fingerprint density at radius 1 is 1.04 bits per heavy atom. The molecule has 0 unspecified atom stereocenters. The van der Waals surface area contributed by atoms with E-state index in [1.807, 2.05) is 19.1 Å². The number of hydrogen-bond acceptors (Lipinski definition) is 3. The minimum Gasteiger partial charge on any atom is -0.452 e. The first-order chi connectivity index (χ1) is 10.9. The maximum atomic E-state index is 13.6. The Hall–Kier alpha value is -2.69. The van der Waals surface area contributed by atoms with Gasteiger partial charge in [0.05, 0.1) is 11.3 Å². The number of nitrogens with one attached hydrogen (secondary N) is 1. The van der Waals surface area contributed by atoms with Gasteiger partial charge in [0.1, 0.15) is 5.82 Å². The predicted molar refractivity (Wildman–Crippen MR) is 86.0 cm³/mol. The Morgan fingerprint density at radius 3 is 2.39 bits per heavy atom. The summed E-state index contributed by atoms with van der Waals surface area (Å²) in [4.78, 5) is 23.8. The van der Waals surface area contributed by atoms with Crippen molar-refractivity contribution in [1.29, 1.82) is 0 Å². The molecule has 120 valence electrons. The van der Waals surface area contributed by atoms with Gasteiger partial charge in [-0.3, -0.25) is 4.79 Å². The molecule has 4 nitrogen and oxygen atoms in total. The van der Waals surface area contributed by atoms with E-state index in [-0.39, 0.29) is 5.69 Å². The third-order valence-corrected chi connectivity index (χ3v) is 3.35. The fourth-order valence-corrected chi connectivity index (χ4v) is 2.07. The molecule has 2 rings (SSSR count). The van der Waals surface area contributed by atoms with Crippen molar-refractivity contribution in [1.82, 2.24) is 0 Å². The van der Waals surface area contributed by atoms with Crippen molar-refractivity contribution in [3.05, 3.63) is 64.5 Å². The quantitative estimate of drug-likeness (QED) is 0.878. The van der Waals surface area contributed by atoms with Gasteiger partial charge in [-0.15, -0.1) is 0 Å². The second-order valence-electron chi connectivity index (χ2n) is 5.43. The van der Waals surface area contributed by atoms with Crippen LogP contribution in [0.25, 0.3) is 0 Å². The number of anilines is 1. The molecule has 1 N–H and O–H groups in total. The van der Waals surface area contributed by atoms with E-state index in [2.05, 4.69) is 5.32 Å². The second kappa shape index (κ2) is 7.05. The molecular weight excluding hydrogens is 297 g/mol. The molecule has 0 atom stereocenters. The first-order valence-corrected chi connectivity index (χ1v) is 7.17. The van der Waals surface area contributed by atoms with Crippen molar-refractivity contribution in [3.63, 3.8) is 0 Å². The fraction of sp³-hybridized carbons (Fsp3) is 0.222. The molecule has 0 radical (unpaired) electrons. The van der Waals surface area contributed by atoms with Gasteiger partial charge in [-0.2, -0.15) is 0 Å². The number of hydrogen-bond donors (Lipinski definition) is 1. The summed E-state index contributed by atoms with van der Waals surface area (Å²) < 4.78 is 18.6. The number of carbonyl (C=O) groups is 2. The largest absolute Gasteiger partial charge is 0.452 e. The Bertz CT molecular complexity index is 756. The lowest BCUT2D eigenvalue weighted by Gasteiger charge is -2.09. The van der Waals surface area contributed by atoms with Crippen molar-refractivity contribution >= 4 is 17.6 Å². The highest BCUT2D eigenvalue weighted by molar-refractivity contribution is 5.96. The molecule has 23 heavy (non-hydrogen) atoms. The number of benzene rings is 2. The lowest BCUT2D eigenvalue weighted by Crippen LogP contribution is -2.21. The molecule has 0 fully saturated rings. The van der Waals surface area contributed by atoms with Gasteiger partial charge in [0, 0.05) is 0 Å². The average Bonchev–Trinajstić information content (AvgIpc) is 2.50. The SMILES string of the molecule is Cc1ccc(NC(=O)COC(=O)c2cc(C)ccc2C)c(F)c1. The minimum absolute atomic E-state index is 0.0587. The van der Waals surface area contributed by atoms with Crippen molar-refractivity contribution in [2.45, 2.75) is 20.8 Å². The number of carbonyl (C=O) groups excluding carboxylic acids is 2. The summed E-state index contributed by atoms with van der Waals surface area (Å²) >= 11 is 0. The summed E-state index contributed by atoms with van der Waals surface area (Å²) in [6, 6.07) is 9.87. The first kappa shape index (κ1) is 16.7. The van der Waals surface area contributed by atoms with E-state index in [0.717, 1.165) is 16.7 Å². The molecule has 0 aromatic heterocycles. The Labute approximate surface area is 134 Å². The van der Waals surface area contributed by atoms with Gasteiger partial charge >= 0.3 is 5.97 Å². The van der Waals surface area contributed by atoms with Crippen LogP contribution in [0.15, 0.2) is 36.4 Å². The van der Waals surface area contributed by atoms with Gasteiger partial charge in [-0.05, 0) is 50.1 Å². The van der Waals surface area contributed by atoms with Crippen LogP contribution in [-0.4, -0.2) is 18.5 Å². The summed E-state index contributed by atoms with van der Waals surface area (Å²) in [5.41, 5.74) is 2.92. The van der Waals surface area contributed by atoms with Crippen molar-refractivity contribution in [2.24, 2.45) is 0 Å². The molecule has 0 heterocycles. The summed E-state index contributed by atoms with van der Waals surface area (Å²) in [5.74, 6) is -1.70. The molecule has 2 aromatic rings. The van der Waals surface area contributed by atoms with Crippen LogP contribution in [0, 0.1) is 26.6 Å². The van der Waals surface area contributed by atoms with Crippen LogP contribution in [0.5, 0.6) is 0 Å². The van der Waals surface area contributed by atoms with Crippen molar-refractivity contribution < 1.29 is 18.7 Å². The van der Waals surface area contributed by atoms with Gasteiger partial charge in [0.15, 0.2) is 6.61 Å². The monoisotopic (exact) mass is 315 g/mol. The smallest absolute Gasteiger partial charge is 0.338 e. The molecule has 0 saturated heterocycles. The van der Waals surface area contributed by atoms with Gasteiger partial charge in [0.2, 0.25) is 0 Å². The number of aryl methyl sites for hydroxylation is 3. The van der Waals surface area contributed by atoms with Gasteiger partial charge in [-0.25, -0.2) is 9.18 Å². The molecule has 0 saturated carbocycles. The van der Waals surface area contributed by atoms with E-state index in [0.29, 0.717) is 5.56 Å². The number of ether oxygens (including phenoxy) is 1. The molecule has 0 aliphatic carbocycles. The lowest BCUT2D eigenvalue weighted by atomic mass is 10.1. The molecular formula is C18H18FNO3. The maximum Gasteiger partial charge on any atom is 0.338 e. The summed E-state index contributed by atoms with van der Waals surface area (Å²) in [7, 11) is 0. The van der Waals surface area contributed by atoms with Crippen molar-refractivity contribution in [3.8, 4) is 0 Å². The molecule has 5 heteroatoms. The highest BCUT2D eigenvalue weighted by Gasteiger charge is 2.14. The predicted octanol–water partition coefficient (Wildman–Crippen LogP) is 3.55. The van der Waals surface area contributed by atoms with E-state index < -0.39 is 24.3 Å². The molecule has 1 amide bonds. The Morgan fingerprint density at radius 2 is 1.70 bits per heavy atom. The summed E-state index contributed by atoms with van der Waals surface area (Å²) in [5, 5.41) is 2.38. The molecule has 0 spiro atoms. The van der Waals surface area contributed by atoms with Crippen LogP contribution in [0.3, 0.4) is 0 Å². The Balaban J connectivity index is 1.96. The molecule has 0 aliphatic heterocycles. The van der Waals surface area contributed by atoms with Crippen LogP contribution in [0.1, 0.15) is 27.0 Å². The zero-order valence-electron chi connectivity index (χ0n) is 13.3. The maximum absolute atomic E-state index is 13.6. The standard InChI is InChI=1S/C18H18FNO3/c1-11-4-6-13(3)14(8-11)18(22)23-10-17(21)20-16-7-5-12(2)9-15(16)19/h4-9H,10H2,1-3H3,(H,20,21). The van der Waals surface area contributed by atoms with E-state index in [9.17, 15) is 14.0 Å². The number of halogens is 1. The molecule has 0 aliphatic rings. The molecule has 2 aromatic carbocycles. The average molecular weight is 315 g/mol. The third-order valence-electron chi connectivity index (χ3n) is 3.35.